The Balaban J connectivity index is 2.15. The highest BCUT2D eigenvalue weighted by atomic mass is 16.5. The van der Waals surface area contributed by atoms with Crippen LogP contribution in [0.2, 0.25) is 0 Å². The number of carbonyl (C=O) groups excluding carboxylic acids is 1. The van der Waals surface area contributed by atoms with E-state index in [1.807, 2.05) is 0 Å². The second-order valence-electron chi connectivity index (χ2n) is 5.46. The summed E-state index contributed by atoms with van der Waals surface area (Å²) in [5.41, 5.74) is 12.9. The summed E-state index contributed by atoms with van der Waals surface area (Å²) in [5.74, 6) is 0.0585. The van der Waals surface area contributed by atoms with E-state index in [2.05, 4.69) is 11.4 Å². The predicted molar refractivity (Wildman–Crippen MR) is 84.2 cm³/mol. The van der Waals surface area contributed by atoms with Crippen LogP contribution in [0.4, 0.5) is 11.4 Å². The number of carbonyl (C=O) groups is 1. The number of amides is 1. The van der Waals surface area contributed by atoms with E-state index in [0.29, 0.717) is 28.3 Å². The second kappa shape index (κ2) is 4.27. The molecule has 2 aliphatic heterocycles. The van der Waals surface area contributed by atoms with Crippen molar-refractivity contribution in [3.63, 3.8) is 0 Å². The molecule has 6 nitrogen and oxygen atoms in total. The van der Waals surface area contributed by atoms with Gasteiger partial charge in [0.05, 0.1) is 0 Å². The van der Waals surface area contributed by atoms with Crippen LogP contribution < -0.4 is 21.5 Å². The number of para-hydroxylation sites is 1. The summed E-state index contributed by atoms with van der Waals surface area (Å²) in [6.07, 6.45) is 0. The molecule has 0 saturated carbocycles. The van der Waals surface area contributed by atoms with Crippen LogP contribution in [0, 0.1) is 11.3 Å². The van der Waals surface area contributed by atoms with E-state index in [1.54, 1.807) is 42.5 Å². The van der Waals surface area contributed by atoms with Crippen molar-refractivity contribution in [1.29, 1.82) is 5.26 Å². The highest BCUT2D eigenvalue weighted by Gasteiger charge is 2.56. The van der Waals surface area contributed by atoms with Gasteiger partial charge in [-0.15, -0.1) is 0 Å². The van der Waals surface area contributed by atoms with Gasteiger partial charge >= 0.3 is 0 Å². The molecular weight excluding hydrogens is 292 g/mol. The molecule has 1 spiro atoms. The first-order valence-corrected chi connectivity index (χ1v) is 6.98. The summed E-state index contributed by atoms with van der Waals surface area (Å²) < 4.78 is 5.54. The highest BCUT2D eigenvalue weighted by Crippen LogP contribution is 2.53. The lowest BCUT2D eigenvalue weighted by Crippen LogP contribution is -2.42. The molecule has 2 aliphatic rings. The molecule has 1 atom stereocenters. The predicted octanol–water partition coefficient (Wildman–Crippen LogP) is 1.59. The Kier molecular flexibility index (Phi) is 2.46. The summed E-state index contributed by atoms with van der Waals surface area (Å²) in [6, 6.07) is 14.2. The van der Waals surface area contributed by atoms with Gasteiger partial charge in [-0.3, -0.25) is 4.79 Å². The number of nitrogens with zero attached hydrogens (tertiary/aromatic N) is 1. The fraction of sp³-hybridized carbons (Fsp3) is 0.0588. The van der Waals surface area contributed by atoms with E-state index in [0.717, 1.165) is 0 Å². The maximum absolute atomic E-state index is 12.9. The number of ether oxygens (including phenoxy) is 1. The number of nitrogens with two attached hydrogens (primary N) is 2. The van der Waals surface area contributed by atoms with Gasteiger partial charge < -0.3 is 21.5 Å². The Bertz CT molecular complexity index is 942. The Labute approximate surface area is 132 Å². The van der Waals surface area contributed by atoms with Crippen molar-refractivity contribution >= 4 is 17.3 Å². The SMILES string of the molecule is N#CC1=C(N)Oc2ccccc2C12C(=O)Nc1cc(N)ccc12. The summed E-state index contributed by atoms with van der Waals surface area (Å²) in [6.45, 7) is 0. The van der Waals surface area contributed by atoms with Gasteiger partial charge in [-0.05, 0) is 18.2 Å². The number of nitrogens with one attached hydrogen (secondary N) is 1. The Morgan fingerprint density at radius 3 is 2.70 bits per heavy atom. The van der Waals surface area contributed by atoms with Crippen LogP contribution in [-0.2, 0) is 10.2 Å². The normalized spacial score (nSPS) is 21.3. The first-order valence-electron chi connectivity index (χ1n) is 6.98. The number of fused-ring (bicyclic) bond motifs is 4. The maximum Gasteiger partial charge on any atom is 0.245 e. The molecule has 1 unspecified atom stereocenters. The van der Waals surface area contributed by atoms with Gasteiger partial charge in [0.2, 0.25) is 11.8 Å². The number of anilines is 2. The zero-order valence-electron chi connectivity index (χ0n) is 12.0. The Morgan fingerprint density at radius 1 is 1.13 bits per heavy atom. The topological polar surface area (TPSA) is 114 Å². The molecule has 0 bridgehead atoms. The third-order valence-electron chi connectivity index (χ3n) is 4.28. The van der Waals surface area contributed by atoms with Crippen LogP contribution >= 0.6 is 0 Å². The number of nitrogen functional groups attached to an aromatic ring is 1. The summed E-state index contributed by atoms with van der Waals surface area (Å²) >= 11 is 0. The number of hydrogen-bond acceptors (Lipinski definition) is 5. The Hall–Kier alpha value is -3.46. The molecule has 0 aliphatic carbocycles. The van der Waals surface area contributed by atoms with Gasteiger partial charge in [0.25, 0.3) is 0 Å². The number of hydrogen-bond donors (Lipinski definition) is 3. The van der Waals surface area contributed by atoms with Crippen molar-refractivity contribution in [2.75, 3.05) is 11.1 Å². The van der Waals surface area contributed by atoms with Crippen molar-refractivity contribution in [2.24, 2.45) is 5.73 Å². The highest BCUT2D eigenvalue weighted by molar-refractivity contribution is 6.13. The molecule has 23 heavy (non-hydrogen) atoms. The molecule has 0 radical (unpaired) electrons. The smallest absolute Gasteiger partial charge is 0.245 e. The second-order valence-corrected chi connectivity index (χ2v) is 5.46. The standard InChI is InChI=1S/C17H12N4O2/c18-8-12-15(20)23-14-4-2-1-3-11(14)17(12)10-6-5-9(19)7-13(10)21-16(17)22/h1-7H,19-20H2,(H,21,22). The van der Waals surface area contributed by atoms with E-state index in [1.165, 1.54) is 0 Å². The molecule has 4 rings (SSSR count). The van der Waals surface area contributed by atoms with Gasteiger partial charge in [-0.1, -0.05) is 24.3 Å². The maximum atomic E-state index is 12.9. The molecule has 5 N–H and O–H groups in total. The minimum Gasteiger partial charge on any atom is -0.440 e. The molecule has 2 heterocycles. The fourth-order valence-corrected chi connectivity index (χ4v) is 3.34. The summed E-state index contributed by atoms with van der Waals surface area (Å²) in [5, 5.41) is 12.4. The van der Waals surface area contributed by atoms with Crippen molar-refractivity contribution in [2.45, 2.75) is 5.41 Å². The van der Waals surface area contributed by atoms with Crippen molar-refractivity contribution in [3.05, 3.63) is 65.0 Å². The lowest BCUT2D eigenvalue weighted by molar-refractivity contribution is -0.118. The van der Waals surface area contributed by atoms with Crippen molar-refractivity contribution in [3.8, 4) is 11.8 Å². The average molecular weight is 304 g/mol. The summed E-state index contributed by atoms with van der Waals surface area (Å²) in [4.78, 5) is 12.9. The molecule has 2 aromatic carbocycles. The minimum atomic E-state index is -1.31. The number of nitriles is 1. The number of benzene rings is 2. The minimum absolute atomic E-state index is 0.0639. The van der Waals surface area contributed by atoms with Crippen LogP contribution in [0.15, 0.2) is 53.9 Å². The van der Waals surface area contributed by atoms with Crippen molar-refractivity contribution in [1.82, 2.24) is 0 Å². The quantitative estimate of drug-likeness (QED) is 0.639. The molecule has 1 amide bonds. The van der Waals surface area contributed by atoms with E-state index in [-0.39, 0.29) is 17.4 Å². The average Bonchev–Trinajstić information content (AvgIpc) is 2.80. The van der Waals surface area contributed by atoms with Gasteiger partial charge in [-0.25, -0.2) is 0 Å². The molecule has 112 valence electrons. The van der Waals surface area contributed by atoms with Crippen LogP contribution in [0.1, 0.15) is 11.1 Å². The molecule has 6 heteroatoms. The van der Waals surface area contributed by atoms with Gasteiger partial charge in [0.15, 0.2) is 0 Å². The summed E-state index contributed by atoms with van der Waals surface area (Å²) in [7, 11) is 0. The van der Waals surface area contributed by atoms with E-state index in [4.69, 9.17) is 16.2 Å². The third-order valence-corrected chi connectivity index (χ3v) is 4.28. The van der Waals surface area contributed by atoms with Crippen molar-refractivity contribution < 1.29 is 9.53 Å². The van der Waals surface area contributed by atoms with E-state index >= 15 is 0 Å². The van der Waals surface area contributed by atoms with Crippen LogP contribution in [0.3, 0.4) is 0 Å². The third kappa shape index (κ3) is 1.48. The van der Waals surface area contributed by atoms with Gasteiger partial charge in [0, 0.05) is 22.5 Å². The van der Waals surface area contributed by atoms with E-state index < -0.39 is 5.41 Å². The van der Waals surface area contributed by atoms with Gasteiger partial charge in [0.1, 0.15) is 22.8 Å². The monoisotopic (exact) mass is 304 g/mol. The van der Waals surface area contributed by atoms with Crippen LogP contribution in [0.25, 0.3) is 0 Å². The molecule has 0 fully saturated rings. The fourth-order valence-electron chi connectivity index (χ4n) is 3.34. The lowest BCUT2D eigenvalue weighted by Gasteiger charge is -2.33. The number of rotatable bonds is 0. The van der Waals surface area contributed by atoms with E-state index in [9.17, 15) is 10.1 Å². The zero-order valence-corrected chi connectivity index (χ0v) is 12.0. The van der Waals surface area contributed by atoms with Crippen LogP contribution in [-0.4, -0.2) is 5.91 Å². The van der Waals surface area contributed by atoms with Crippen LogP contribution in [0.5, 0.6) is 5.75 Å². The molecule has 2 aromatic rings. The first-order chi connectivity index (χ1) is 11.1. The Morgan fingerprint density at radius 2 is 1.91 bits per heavy atom. The first kappa shape index (κ1) is 13.2. The largest absolute Gasteiger partial charge is 0.440 e. The zero-order chi connectivity index (χ0) is 16.2. The van der Waals surface area contributed by atoms with Gasteiger partial charge in [-0.2, -0.15) is 5.26 Å². The molecule has 0 saturated heterocycles. The molecule has 0 aromatic heterocycles. The lowest BCUT2D eigenvalue weighted by atomic mass is 9.69. The molecular formula is C17H12N4O2.